The van der Waals surface area contributed by atoms with E-state index in [4.69, 9.17) is 5.73 Å². The van der Waals surface area contributed by atoms with E-state index in [1.807, 2.05) is 0 Å². The van der Waals surface area contributed by atoms with Crippen LogP contribution in [-0.2, 0) is 0 Å². The molecule has 0 aliphatic heterocycles. The monoisotopic (exact) mass is 313 g/mol. The SMILES string of the molecule is NC1C=C(c2ccc(-c3ccc(Br)cc3)cc2)CC1. The van der Waals surface area contributed by atoms with Crippen molar-refractivity contribution in [2.75, 3.05) is 0 Å². The quantitative estimate of drug-likeness (QED) is 0.860. The van der Waals surface area contributed by atoms with Crippen LogP contribution in [0.2, 0.25) is 0 Å². The number of halogens is 1. The van der Waals surface area contributed by atoms with Crippen LogP contribution < -0.4 is 5.73 Å². The molecule has 3 rings (SSSR count). The first kappa shape index (κ1) is 12.6. The van der Waals surface area contributed by atoms with E-state index in [0.29, 0.717) is 0 Å². The van der Waals surface area contributed by atoms with Gasteiger partial charge in [0.2, 0.25) is 0 Å². The Hall–Kier alpha value is -1.38. The van der Waals surface area contributed by atoms with Crippen LogP contribution in [0.15, 0.2) is 59.1 Å². The molecule has 0 fully saturated rings. The smallest absolute Gasteiger partial charge is 0.0232 e. The van der Waals surface area contributed by atoms with Gasteiger partial charge in [-0.05, 0) is 47.2 Å². The average Bonchev–Trinajstić information content (AvgIpc) is 2.87. The van der Waals surface area contributed by atoms with Gasteiger partial charge in [0.1, 0.15) is 0 Å². The van der Waals surface area contributed by atoms with Gasteiger partial charge < -0.3 is 5.73 Å². The van der Waals surface area contributed by atoms with Gasteiger partial charge in [0.15, 0.2) is 0 Å². The van der Waals surface area contributed by atoms with E-state index < -0.39 is 0 Å². The van der Waals surface area contributed by atoms with E-state index in [-0.39, 0.29) is 6.04 Å². The molecule has 0 heterocycles. The first-order chi connectivity index (χ1) is 9.22. The van der Waals surface area contributed by atoms with Crippen molar-refractivity contribution in [1.29, 1.82) is 0 Å². The fraction of sp³-hybridized carbons (Fsp3) is 0.176. The van der Waals surface area contributed by atoms with Crippen LogP contribution in [0.4, 0.5) is 0 Å². The van der Waals surface area contributed by atoms with Crippen LogP contribution in [0.25, 0.3) is 16.7 Å². The van der Waals surface area contributed by atoms with E-state index in [1.165, 1.54) is 22.3 Å². The van der Waals surface area contributed by atoms with Gasteiger partial charge in [-0.1, -0.05) is 58.4 Å². The third-order valence-electron chi connectivity index (χ3n) is 3.60. The highest BCUT2D eigenvalue weighted by molar-refractivity contribution is 9.10. The van der Waals surface area contributed by atoms with E-state index in [2.05, 4.69) is 70.5 Å². The number of hydrogen-bond donors (Lipinski definition) is 1. The second kappa shape index (κ2) is 5.32. The molecule has 1 unspecified atom stereocenters. The highest BCUT2D eigenvalue weighted by Gasteiger charge is 2.13. The van der Waals surface area contributed by atoms with Crippen LogP contribution in [0.3, 0.4) is 0 Å². The van der Waals surface area contributed by atoms with Crippen molar-refractivity contribution >= 4 is 21.5 Å². The summed E-state index contributed by atoms with van der Waals surface area (Å²) in [4.78, 5) is 0. The van der Waals surface area contributed by atoms with Crippen molar-refractivity contribution < 1.29 is 0 Å². The highest BCUT2D eigenvalue weighted by atomic mass is 79.9. The molecule has 0 aromatic heterocycles. The minimum atomic E-state index is 0.237. The third kappa shape index (κ3) is 2.80. The van der Waals surface area contributed by atoms with E-state index in [9.17, 15) is 0 Å². The summed E-state index contributed by atoms with van der Waals surface area (Å²) in [5.41, 5.74) is 11.1. The predicted molar refractivity (Wildman–Crippen MR) is 84.8 cm³/mol. The summed E-state index contributed by atoms with van der Waals surface area (Å²) in [5, 5.41) is 0. The summed E-state index contributed by atoms with van der Waals surface area (Å²) in [6.45, 7) is 0. The molecule has 0 saturated carbocycles. The van der Waals surface area contributed by atoms with Gasteiger partial charge >= 0.3 is 0 Å². The number of allylic oxidation sites excluding steroid dienone is 1. The number of rotatable bonds is 2. The molecule has 2 aromatic carbocycles. The second-order valence-corrected chi connectivity index (χ2v) is 5.89. The number of benzene rings is 2. The molecule has 1 nitrogen and oxygen atoms in total. The summed E-state index contributed by atoms with van der Waals surface area (Å²) in [5.74, 6) is 0. The van der Waals surface area contributed by atoms with Gasteiger partial charge in [-0.2, -0.15) is 0 Å². The van der Waals surface area contributed by atoms with Crippen molar-refractivity contribution in [3.05, 3.63) is 64.6 Å². The van der Waals surface area contributed by atoms with Crippen molar-refractivity contribution in [1.82, 2.24) is 0 Å². The molecule has 96 valence electrons. The van der Waals surface area contributed by atoms with Crippen LogP contribution in [0.1, 0.15) is 18.4 Å². The lowest BCUT2D eigenvalue weighted by Gasteiger charge is -2.05. The Labute approximate surface area is 122 Å². The molecule has 2 aromatic rings. The lowest BCUT2D eigenvalue weighted by molar-refractivity contribution is 0.782. The minimum absolute atomic E-state index is 0.237. The molecule has 1 aliphatic carbocycles. The molecule has 0 saturated heterocycles. The van der Waals surface area contributed by atoms with Gasteiger partial charge in [-0.25, -0.2) is 0 Å². The molecule has 19 heavy (non-hydrogen) atoms. The molecule has 0 bridgehead atoms. The molecular formula is C17H16BrN. The maximum Gasteiger partial charge on any atom is 0.0232 e. The molecule has 1 aliphatic rings. The van der Waals surface area contributed by atoms with Gasteiger partial charge in [0, 0.05) is 10.5 Å². The molecule has 2 heteroatoms. The second-order valence-electron chi connectivity index (χ2n) is 4.98. The Morgan fingerprint density at radius 1 is 0.842 bits per heavy atom. The van der Waals surface area contributed by atoms with Crippen LogP contribution in [-0.4, -0.2) is 6.04 Å². The zero-order valence-electron chi connectivity index (χ0n) is 10.6. The topological polar surface area (TPSA) is 26.0 Å². The highest BCUT2D eigenvalue weighted by Crippen LogP contribution is 2.29. The van der Waals surface area contributed by atoms with E-state index >= 15 is 0 Å². The first-order valence-electron chi connectivity index (χ1n) is 6.55. The van der Waals surface area contributed by atoms with E-state index in [0.717, 1.165) is 17.3 Å². The third-order valence-corrected chi connectivity index (χ3v) is 4.12. The Morgan fingerprint density at radius 2 is 1.37 bits per heavy atom. The van der Waals surface area contributed by atoms with Crippen molar-refractivity contribution in [3.8, 4) is 11.1 Å². The summed E-state index contributed by atoms with van der Waals surface area (Å²) < 4.78 is 1.11. The van der Waals surface area contributed by atoms with Crippen molar-refractivity contribution in [2.45, 2.75) is 18.9 Å². The van der Waals surface area contributed by atoms with E-state index in [1.54, 1.807) is 0 Å². The summed E-state index contributed by atoms with van der Waals surface area (Å²) in [7, 11) is 0. The Kier molecular flexibility index (Phi) is 3.54. The lowest BCUT2D eigenvalue weighted by atomic mass is 10.0. The zero-order chi connectivity index (χ0) is 13.2. The lowest BCUT2D eigenvalue weighted by Crippen LogP contribution is -2.11. The number of nitrogens with two attached hydrogens (primary N) is 1. The van der Waals surface area contributed by atoms with Crippen molar-refractivity contribution in [2.24, 2.45) is 5.73 Å². The normalized spacial score (nSPS) is 18.4. The molecule has 0 spiro atoms. The van der Waals surface area contributed by atoms with Crippen LogP contribution in [0.5, 0.6) is 0 Å². The average molecular weight is 314 g/mol. The molecule has 2 N–H and O–H groups in total. The maximum atomic E-state index is 5.92. The summed E-state index contributed by atoms with van der Waals surface area (Å²) in [6.07, 6.45) is 4.36. The molecule has 1 atom stereocenters. The molecular weight excluding hydrogens is 298 g/mol. The zero-order valence-corrected chi connectivity index (χ0v) is 12.2. The summed E-state index contributed by atoms with van der Waals surface area (Å²) in [6, 6.07) is 17.4. The fourth-order valence-corrected chi connectivity index (χ4v) is 2.77. The standard InChI is InChI=1S/C17H16BrN/c18-16-8-5-13(6-9-16)12-1-3-14(4-2-12)15-7-10-17(19)11-15/h1-6,8-9,11,17H,7,10,19H2. The molecule has 0 amide bonds. The Bertz CT molecular complexity index is 596. The Morgan fingerprint density at radius 3 is 1.89 bits per heavy atom. The van der Waals surface area contributed by atoms with Crippen LogP contribution >= 0.6 is 15.9 Å². The largest absolute Gasteiger partial charge is 0.324 e. The van der Waals surface area contributed by atoms with Crippen LogP contribution in [0, 0.1) is 0 Å². The summed E-state index contributed by atoms with van der Waals surface area (Å²) >= 11 is 3.46. The first-order valence-corrected chi connectivity index (χ1v) is 7.34. The van der Waals surface area contributed by atoms with Gasteiger partial charge in [0.05, 0.1) is 0 Å². The fourth-order valence-electron chi connectivity index (χ4n) is 2.51. The minimum Gasteiger partial charge on any atom is -0.324 e. The van der Waals surface area contributed by atoms with Gasteiger partial charge in [-0.15, -0.1) is 0 Å². The van der Waals surface area contributed by atoms with Gasteiger partial charge in [0.25, 0.3) is 0 Å². The Balaban J connectivity index is 1.87. The molecule has 0 radical (unpaired) electrons. The van der Waals surface area contributed by atoms with Gasteiger partial charge in [-0.3, -0.25) is 0 Å². The van der Waals surface area contributed by atoms with Crippen molar-refractivity contribution in [3.63, 3.8) is 0 Å². The number of hydrogen-bond acceptors (Lipinski definition) is 1. The predicted octanol–water partition coefficient (Wildman–Crippen LogP) is 4.62. The maximum absolute atomic E-state index is 5.92.